The van der Waals surface area contributed by atoms with Crippen LogP contribution in [0.5, 0.6) is 0 Å². The molecule has 0 unspecified atom stereocenters. The number of hydrogen-bond donors (Lipinski definition) is 1. The molecule has 0 radical (unpaired) electrons. The van der Waals surface area contributed by atoms with Crippen LogP contribution in [-0.2, 0) is 11.3 Å². The van der Waals surface area contributed by atoms with Crippen LogP contribution in [0.15, 0.2) is 6.20 Å². The van der Waals surface area contributed by atoms with E-state index in [1.54, 1.807) is 7.11 Å². The van der Waals surface area contributed by atoms with Gasteiger partial charge in [0.25, 0.3) is 0 Å². The maximum atomic E-state index is 5.11. The number of anilines is 1. The Balaban J connectivity index is 2.20. The Hall–Kier alpha value is -1.03. The standard InChI is InChI=1S/C15H29N3O/c1-4-5-6-7-8-9-10-16-15-17-14(2)13-18(15)11-12-19-3/h13H,4-12H2,1-3H3,(H,16,17). The van der Waals surface area contributed by atoms with E-state index in [9.17, 15) is 0 Å². The molecule has 0 amide bonds. The Labute approximate surface area is 117 Å². The van der Waals surface area contributed by atoms with Gasteiger partial charge >= 0.3 is 0 Å². The van der Waals surface area contributed by atoms with E-state index in [0.29, 0.717) is 0 Å². The summed E-state index contributed by atoms with van der Waals surface area (Å²) in [6, 6.07) is 0. The van der Waals surface area contributed by atoms with Gasteiger partial charge in [-0.05, 0) is 13.3 Å². The van der Waals surface area contributed by atoms with Crippen molar-refractivity contribution in [3.05, 3.63) is 11.9 Å². The van der Waals surface area contributed by atoms with Gasteiger partial charge < -0.3 is 14.6 Å². The molecule has 0 aromatic carbocycles. The summed E-state index contributed by atoms with van der Waals surface area (Å²) < 4.78 is 7.25. The first-order chi connectivity index (χ1) is 9.27. The zero-order chi connectivity index (χ0) is 13.9. The number of imidazole rings is 1. The van der Waals surface area contributed by atoms with E-state index in [2.05, 4.69) is 28.0 Å². The minimum Gasteiger partial charge on any atom is -0.383 e. The number of aromatic nitrogens is 2. The highest BCUT2D eigenvalue weighted by atomic mass is 16.5. The van der Waals surface area contributed by atoms with E-state index < -0.39 is 0 Å². The van der Waals surface area contributed by atoms with Crippen LogP contribution >= 0.6 is 0 Å². The van der Waals surface area contributed by atoms with Crippen molar-refractivity contribution in [3.63, 3.8) is 0 Å². The molecule has 1 heterocycles. The number of ether oxygens (including phenoxy) is 1. The second-order valence-corrected chi connectivity index (χ2v) is 5.09. The number of nitrogens with one attached hydrogen (secondary N) is 1. The molecule has 0 fully saturated rings. The second-order valence-electron chi connectivity index (χ2n) is 5.09. The number of methoxy groups -OCH3 is 1. The first-order valence-electron chi connectivity index (χ1n) is 7.54. The molecule has 19 heavy (non-hydrogen) atoms. The summed E-state index contributed by atoms with van der Waals surface area (Å²) in [5.74, 6) is 0.975. The molecular weight excluding hydrogens is 238 g/mol. The topological polar surface area (TPSA) is 39.1 Å². The van der Waals surface area contributed by atoms with Crippen LogP contribution in [0, 0.1) is 6.92 Å². The van der Waals surface area contributed by atoms with Crippen LogP contribution in [-0.4, -0.2) is 29.8 Å². The SMILES string of the molecule is CCCCCCCCNc1nc(C)cn1CCOC. The normalized spacial score (nSPS) is 10.9. The molecule has 0 spiro atoms. The van der Waals surface area contributed by atoms with Crippen molar-refractivity contribution in [1.82, 2.24) is 9.55 Å². The summed E-state index contributed by atoms with van der Waals surface area (Å²) in [5, 5.41) is 3.43. The highest BCUT2D eigenvalue weighted by Gasteiger charge is 2.04. The van der Waals surface area contributed by atoms with Crippen molar-refractivity contribution < 1.29 is 4.74 Å². The van der Waals surface area contributed by atoms with Gasteiger partial charge in [-0.15, -0.1) is 0 Å². The van der Waals surface area contributed by atoms with Crippen molar-refractivity contribution in [1.29, 1.82) is 0 Å². The number of nitrogens with zero attached hydrogens (tertiary/aromatic N) is 2. The van der Waals surface area contributed by atoms with Crippen LogP contribution < -0.4 is 5.32 Å². The summed E-state index contributed by atoms with van der Waals surface area (Å²) in [6.45, 7) is 6.87. The van der Waals surface area contributed by atoms with Gasteiger partial charge in [-0.3, -0.25) is 0 Å². The van der Waals surface area contributed by atoms with E-state index in [-0.39, 0.29) is 0 Å². The maximum absolute atomic E-state index is 5.11. The minimum atomic E-state index is 0.724. The van der Waals surface area contributed by atoms with E-state index >= 15 is 0 Å². The summed E-state index contributed by atoms with van der Waals surface area (Å²) >= 11 is 0. The lowest BCUT2D eigenvalue weighted by molar-refractivity contribution is 0.187. The van der Waals surface area contributed by atoms with E-state index in [4.69, 9.17) is 4.74 Å². The summed E-state index contributed by atoms with van der Waals surface area (Å²) in [7, 11) is 1.73. The molecule has 0 saturated heterocycles. The highest BCUT2D eigenvalue weighted by Crippen LogP contribution is 2.09. The lowest BCUT2D eigenvalue weighted by atomic mass is 10.1. The maximum Gasteiger partial charge on any atom is 0.203 e. The van der Waals surface area contributed by atoms with Crippen LogP contribution in [0.3, 0.4) is 0 Å². The highest BCUT2D eigenvalue weighted by molar-refractivity contribution is 5.28. The molecular formula is C15H29N3O. The third-order valence-corrected chi connectivity index (χ3v) is 3.25. The Bertz CT molecular complexity index is 336. The van der Waals surface area contributed by atoms with Crippen molar-refractivity contribution in [2.45, 2.75) is 58.9 Å². The largest absolute Gasteiger partial charge is 0.383 e. The lowest BCUT2D eigenvalue weighted by Gasteiger charge is -2.09. The van der Waals surface area contributed by atoms with E-state index in [0.717, 1.165) is 31.3 Å². The van der Waals surface area contributed by atoms with Crippen LogP contribution in [0.1, 0.15) is 51.1 Å². The molecule has 4 heteroatoms. The third kappa shape index (κ3) is 6.62. The summed E-state index contributed by atoms with van der Waals surface area (Å²) in [6.07, 6.45) is 10.0. The lowest BCUT2D eigenvalue weighted by Crippen LogP contribution is -2.11. The average Bonchev–Trinajstić information content (AvgIpc) is 2.75. The van der Waals surface area contributed by atoms with Gasteiger partial charge in [0.15, 0.2) is 0 Å². The molecule has 4 nitrogen and oxygen atoms in total. The van der Waals surface area contributed by atoms with Crippen LogP contribution in [0.4, 0.5) is 5.95 Å². The molecule has 1 N–H and O–H groups in total. The van der Waals surface area contributed by atoms with Gasteiger partial charge in [0.1, 0.15) is 0 Å². The van der Waals surface area contributed by atoms with E-state index in [1.165, 1.54) is 38.5 Å². The molecule has 0 atom stereocenters. The molecule has 1 aromatic rings. The van der Waals surface area contributed by atoms with Crippen molar-refractivity contribution in [2.75, 3.05) is 25.6 Å². The molecule has 0 aliphatic heterocycles. The van der Waals surface area contributed by atoms with Crippen LogP contribution in [0.25, 0.3) is 0 Å². The van der Waals surface area contributed by atoms with Gasteiger partial charge in [0.05, 0.1) is 12.3 Å². The summed E-state index contributed by atoms with van der Waals surface area (Å²) in [5.41, 5.74) is 1.06. The van der Waals surface area contributed by atoms with Crippen molar-refractivity contribution in [2.24, 2.45) is 0 Å². The van der Waals surface area contributed by atoms with Gasteiger partial charge in [0, 0.05) is 26.4 Å². The van der Waals surface area contributed by atoms with Gasteiger partial charge in [-0.25, -0.2) is 4.98 Å². The smallest absolute Gasteiger partial charge is 0.203 e. The predicted octanol–water partition coefficient (Wildman–Crippen LogP) is 3.61. The Morgan fingerprint density at radius 2 is 1.95 bits per heavy atom. The predicted molar refractivity (Wildman–Crippen MR) is 80.7 cm³/mol. The molecule has 1 aromatic heterocycles. The molecule has 0 bridgehead atoms. The zero-order valence-electron chi connectivity index (χ0n) is 12.7. The quantitative estimate of drug-likeness (QED) is 0.622. The molecule has 110 valence electrons. The Kier molecular flexibility index (Phi) is 8.30. The molecule has 0 saturated carbocycles. The fourth-order valence-corrected chi connectivity index (χ4v) is 2.15. The molecule has 1 rings (SSSR count). The van der Waals surface area contributed by atoms with Crippen LogP contribution in [0.2, 0.25) is 0 Å². The number of aryl methyl sites for hydroxylation is 1. The Morgan fingerprint density at radius 1 is 1.21 bits per heavy atom. The van der Waals surface area contributed by atoms with Gasteiger partial charge in [-0.1, -0.05) is 39.0 Å². The number of rotatable bonds is 11. The zero-order valence-corrected chi connectivity index (χ0v) is 12.7. The summed E-state index contributed by atoms with van der Waals surface area (Å²) in [4.78, 5) is 4.51. The first-order valence-corrected chi connectivity index (χ1v) is 7.54. The van der Waals surface area contributed by atoms with Gasteiger partial charge in [0.2, 0.25) is 5.95 Å². The molecule has 0 aliphatic rings. The average molecular weight is 267 g/mol. The number of unbranched alkanes of at least 4 members (excludes halogenated alkanes) is 5. The van der Waals surface area contributed by atoms with Crippen molar-refractivity contribution >= 4 is 5.95 Å². The first kappa shape index (κ1) is 16.0. The third-order valence-electron chi connectivity index (χ3n) is 3.25. The number of hydrogen-bond acceptors (Lipinski definition) is 3. The molecule has 0 aliphatic carbocycles. The second kappa shape index (κ2) is 9.84. The fourth-order valence-electron chi connectivity index (χ4n) is 2.15. The Morgan fingerprint density at radius 3 is 2.68 bits per heavy atom. The van der Waals surface area contributed by atoms with Crippen molar-refractivity contribution in [3.8, 4) is 0 Å². The van der Waals surface area contributed by atoms with Gasteiger partial charge in [-0.2, -0.15) is 0 Å². The monoisotopic (exact) mass is 267 g/mol. The fraction of sp³-hybridized carbons (Fsp3) is 0.800. The minimum absolute atomic E-state index is 0.724. The van der Waals surface area contributed by atoms with E-state index in [1.807, 2.05) is 6.92 Å².